The van der Waals surface area contributed by atoms with E-state index in [1.54, 1.807) is 0 Å². The van der Waals surface area contributed by atoms with Gasteiger partial charge in [0.1, 0.15) is 0 Å². The van der Waals surface area contributed by atoms with Gasteiger partial charge in [0.15, 0.2) is 0 Å². The molecule has 2 saturated heterocycles. The maximum atomic E-state index is 3.66. The van der Waals surface area contributed by atoms with Crippen LogP contribution in [0.1, 0.15) is 33.1 Å². The normalized spacial score (nSPS) is 32.1. The Bertz CT molecular complexity index is 231. The first-order valence-electron chi connectivity index (χ1n) is 6.35. The molecule has 2 aliphatic rings. The zero-order valence-corrected chi connectivity index (χ0v) is 10.1. The van der Waals surface area contributed by atoms with Crippen LogP contribution in [0.25, 0.3) is 0 Å². The molecule has 86 valence electrons. The molecule has 0 aromatic rings. The minimum absolute atomic E-state index is 0.821. The number of nitrogens with zero attached hydrogens (tertiary/aromatic N) is 1. The Balaban J connectivity index is 1.83. The fourth-order valence-corrected chi connectivity index (χ4v) is 2.80. The van der Waals surface area contributed by atoms with Gasteiger partial charge in [0.2, 0.25) is 0 Å². The van der Waals surface area contributed by atoms with E-state index in [0.29, 0.717) is 0 Å². The predicted octanol–water partition coefficient (Wildman–Crippen LogP) is 2.03. The number of nitrogens with one attached hydrogen (secondary N) is 1. The summed E-state index contributed by atoms with van der Waals surface area (Å²) in [6.07, 6.45) is 6.51. The first-order chi connectivity index (χ1) is 7.25. The van der Waals surface area contributed by atoms with Gasteiger partial charge in [0.05, 0.1) is 0 Å². The summed E-state index contributed by atoms with van der Waals surface area (Å²) in [5.41, 5.74) is 1.44. The maximum absolute atomic E-state index is 3.66. The summed E-state index contributed by atoms with van der Waals surface area (Å²) in [6.45, 7) is 9.36. The molecule has 2 aliphatic heterocycles. The summed E-state index contributed by atoms with van der Waals surface area (Å²) in [6, 6.07) is 0.821. The van der Waals surface area contributed by atoms with Gasteiger partial charge in [0.25, 0.3) is 0 Å². The Hall–Kier alpha value is -0.340. The zero-order chi connectivity index (χ0) is 10.7. The summed E-state index contributed by atoms with van der Waals surface area (Å²) >= 11 is 0. The van der Waals surface area contributed by atoms with E-state index in [1.807, 2.05) is 0 Å². The standard InChI is InChI=1S/C13H24N2/c1-11(2)5-8-15-9-6-13-12(10-15)4-3-7-14-13/h5,12-14H,3-4,6-10H2,1-2H3. The highest BCUT2D eigenvalue weighted by Gasteiger charge is 2.30. The summed E-state index contributed by atoms with van der Waals surface area (Å²) in [5.74, 6) is 0.915. The smallest absolute Gasteiger partial charge is 0.0165 e. The van der Waals surface area contributed by atoms with E-state index in [1.165, 1.54) is 44.5 Å². The van der Waals surface area contributed by atoms with Gasteiger partial charge in [-0.05, 0) is 52.1 Å². The van der Waals surface area contributed by atoms with Crippen LogP contribution in [-0.2, 0) is 0 Å². The number of allylic oxidation sites excluding steroid dienone is 1. The van der Waals surface area contributed by atoms with Crippen molar-refractivity contribution in [3.63, 3.8) is 0 Å². The molecule has 2 fully saturated rings. The van der Waals surface area contributed by atoms with Gasteiger partial charge in [-0.1, -0.05) is 11.6 Å². The second-order valence-corrected chi connectivity index (χ2v) is 5.29. The average molecular weight is 208 g/mol. The van der Waals surface area contributed by atoms with Crippen LogP contribution in [0, 0.1) is 5.92 Å². The molecule has 0 aromatic heterocycles. The zero-order valence-electron chi connectivity index (χ0n) is 10.1. The van der Waals surface area contributed by atoms with Crippen LogP contribution in [0.15, 0.2) is 11.6 Å². The van der Waals surface area contributed by atoms with Crippen molar-refractivity contribution in [2.24, 2.45) is 5.92 Å². The molecule has 2 heterocycles. The van der Waals surface area contributed by atoms with Gasteiger partial charge in [-0.2, -0.15) is 0 Å². The van der Waals surface area contributed by atoms with Gasteiger partial charge in [0, 0.05) is 19.1 Å². The van der Waals surface area contributed by atoms with E-state index >= 15 is 0 Å². The minimum atomic E-state index is 0.821. The van der Waals surface area contributed by atoms with Gasteiger partial charge in [-0.3, -0.25) is 4.90 Å². The van der Waals surface area contributed by atoms with E-state index in [-0.39, 0.29) is 0 Å². The van der Waals surface area contributed by atoms with E-state index in [0.717, 1.165) is 18.5 Å². The minimum Gasteiger partial charge on any atom is -0.314 e. The lowest BCUT2D eigenvalue weighted by atomic mass is 9.85. The van der Waals surface area contributed by atoms with Gasteiger partial charge < -0.3 is 5.32 Å². The van der Waals surface area contributed by atoms with E-state index in [9.17, 15) is 0 Å². The van der Waals surface area contributed by atoms with Crippen molar-refractivity contribution in [2.45, 2.75) is 39.2 Å². The van der Waals surface area contributed by atoms with Crippen molar-refractivity contribution >= 4 is 0 Å². The van der Waals surface area contributed by atoms with Crippen LogP contribution < -0.4 is 5.32 Å². The molecule has 0 bridgehead atoms. The fourth-order valence-electron chi connectivity index (χ4n) is 2.80. The number of rotatable bonds is 2. The molecule has 0 saturated carbocycles. The van der Waals surface area contributed by atoms with E-state index in [4.69, 9.17) is 0 Å². The van der Waals surface area contributed by atoms with Gasteiger partial charge in [-0.15, -0.1) is 0 Å². The first kappa shape index (κ1) is 11.2. The van der Waals surface area contributed by atoms with Gasteiger partial charge >= 0.3 is 0 Å². The van der Waals surface area contributed by atoms with Crippen molar-refractivity contribution in [2.75, 3.05) is 26.2 Å². The van der Waals surface area contributed by atoms with Crippen molar-refractivity contribution in [1.29, 1.82) is 0 Å². The Morgan fingerprint density at radius 3 is 3.07 bits per heavy atom. The van der Waals surface area contributed by atoms with Crippen LogP contribution in [0.5, 0.6) is 0 Å². The topological polar surface area (TPSA) is 15.3 Å². The Labute approximate surface area is 93.7 Å². The number of likely N-dealkylation sites (tertiary alicyclic amines) is 1. The molecule has 2 rings (SSSR count). The lowest BCUT2D eigenvalue weighted by Crippen LogP contribution is -2.52. The third kappa shape index (κ3) is 3.05. The molecular formula is C13H24N2. The fraction of sp³-hybridized carbons (Fsp3) is 0.846. The third-order valence-electron chi connectivity index (χ3n) is 3.73. The second kappa shape index (κ2) is 5.13. The molecule has 2 atom stereocenters. The number of hydrogen-bond acceptors (Lipinski definition) is 2. The number of piperidine rings is 2. The van der Waals surface area contributed by atoms with E-state index in [2.05, 4.69) is 30.1 Å². The van der Waals surface area contributed by atoms with Gasteiger partial charge in [-0.25, -0.2) is 0 Å². The Kier molecular flexibility index (Phi) is 3.81. The summed E-state index contributed by atoms with van der Waals surface area (Å²) < 4.78 is 0. The van der Waals surface area contributed by atoms with Crippen molar-refractivity contribution in [1.82, 2.24) is 10.2 Å². The molecule has 0 amide bonds. The predicted molar refractivity (Wildman–Crippen MR) is 65.0 cm³/mol. The molecule has 2 nitrogen and oxygen atoms in total. The van der Waals surface area contributed by atoms with E-state index < -0.39 is 0 Å². The molecule has 0 spiro atoms. The SMILES string of the molecule is CC(C)=CCN1CCC2NCCCC2C1. The Morgan fingerprint density at radius 2 is 2.27 bits per heavy atom. The first-order valence-corrected chi connectivity index (χ1v) is 6.35. The summed E-state index contributed by atoms with van der Waals surface area (Å²) in [5, 5.41) is 3.66. The summed E-state index contributed by atoms with van der Waals surface area (Å²) in [7, 11) is 0. The third-order valence-corrected chi connectivity index (χ3v) is 3.73. The van der Waals surface area contributed by atoms with Crippen LogP contribution in [0.3, 0.4) is 0 Å². The van der Waals surface area contributed by atoms with Crippen LogP contribution in [0.2, 0.25) is 0 Å². The van der Waals surface area contributed by atoms with Crippen LogP contribution >= 0.6 is 0 Å². The molecule has 0 aromatic carbocycles. The van der Waals surface area contributed by atoms with Crippen molar-refractivity contribution in [3.8, 4) is 0 Å². The average Bonchev–Trinajstić information content (AvgIpc) is 2.26. The molecule has 2 heteroatoms. The summed E-state index contributed by atoms with van der Waals surface area (Å²) in [4.78, 5) is 2.61. The highest BCUT2D eigenvalue weighted by Crippen LogP contribution is 2.24. The van der Waals surface area contributed by atoms with Crippen LogP contribution in [0.4, 0.5) is 0 Å². The molecule has 0 radical (unpaired) electrons. The molecule has 15 heavy (non-hydrogen) atoms. The van der Waals surface area contributed by atoms with Crippen molar-refractivity contribution < 1.29 is 0 Å². The quantitative estimate of drug-likeness (QED) is 0.699. The lowest BCUT2D eigenvalue weighted by molar-refractivity contribution is 0.124. The number of hydrogen-bond donors (Lipinski definition) is 1. The van der Waals surface area contributed by atoms with Crippen LogP contribution in [-0.4, -0.2) is 37.1 Å². The highest BCUT2D eigenvalue weighted by molar-refractivity contribution is 4.97. The molecule has 2 unspecified atom stereocenters. The second-order valence-electron chi connectivity index (χ2n) is 5.29. The Morgan fingerprint density at radius 1 is 1.40 bits per heavy atom. The molecule has 1 N–H and O–H groups in total. The molecular weight excluding hydrogens is 184 g/mol. The number of fused-ring (bicyclic) bond motifs is 1. The maximum Gasteiger partial charge on any atom is 0.0165 e. The van der Waals surface area contributed by atoms with Crippen molar-refractivity contribution in [3.05, 3.63) is 11.6 Å². The largest absolute Gasteiger partial charge is 0.314 e. The highest BCUT2D eigenvalue weighted by atomic mass is 15.1. The monoisotopic (exact) mass is 208 g/mol. The lowest BCUT2D eigenvalue weighted by Gasteiger charge is -2.41. The molecule has 0 aliphatic carbocycles.